The van der Waals surface area contributed by atoms with Crippen molar-refractivity contribution >= 4 is 5.97 Å². The summed E-state index contributed by atoms with van der Waals surface area (Å²) in [4.78, 5) is 12.1. The molecule has 5 heteroatoms. The highest BCUT2D eigenvalue weighted by Crippen LogP contribution is 2.30. The van der Waals surface area contributed by atoms with E-state index in [9.17, 15) is 15.0 Å². The van der Waals surface area contributed by atoms with E-state index in [1.54, 1.807) is 6.92 Å². The lowest BCUT2D eigenvalue weighted by Crippen LogP contribution is -2.50. The minimum atomic E-state index is -1.12. The van der Waals surface area contributed by atoms with E-state index in [0.717, 1.165) is 6.42 Å². The number of phenolic OH excluding ortho intramolecular Hbond substituents is 2. The number of carbonyl (C=O) groups excluding carboxylic acids is 1. The highest BCUT2D eigenvalue weighted by Gasteiger charge is 2.37. The fourth-order valence-electron chi connectivity index (χ4n) is 1.94. The van der Waals surface area contributed by atoms with Crippen LogP contribution in [0.2, 0.25) is 0 Å². The normalized spacial score (nSPS) is 15.6. The summed E-state index contributed by atoms with van der Waals surface area (Å²) >= 11 is 0. The molecule has 0 fully saturated rings. The van der Waals surface area contributed by atoms with Crippen LogP contribution < -0.4 is 5.32 Å². The SMILES string of the molecule is CCC(C)NC(C)(C(=O)OC)c1cc(O)cc(O)c1. The minimum Gasteiger partial charge on any atom is -0.508 e. The fraction of sp³-hybridized carbons (Fsp3) is 0.500. The maximum absolute atomic E-state index is 12.1. The Labute approximate surface area is 113 Å². The molecule has 5 nitrogen and oxygen atoms in total. The number of esters is 1. The van der Waals surface area contributed by atoms with Crippen molar-refractivity contribution in [2.75, 3.05) is 7.11 Å². The number of carbonyl (C=O) groups is 1. The third kappa shape index (κ3) is 3.38. The molecule has 0 heterocycles. The lowest BCUT2D eigenvalue weighted by Gasteiger charge is -2.31. The van der Waals surface area contributed by atoms with Gasteiger partial charge in [-0.2, -0.15) is 0 Å². The Kier molecular flexibility index (Phi) is 4.78. The number of phenols is 2. The van der Waals surface area contributed by atoms with Crippen molar-refractivity contribution in [3.63, 3.8) is 0 Å². The first-order valence-corrected chi connectivity index (χ1v) is 6.23. The molecule has 0 bridgehead atoms. The Morgan fingerprint density at radius 2 is 1.89 bits per heavy atom. The molecule has 3 N–H and O–H groups in total. The van der Waals surface area contributed by atoms with Gasteiger partial charge < -0.3 is 14.9 Å². The summed E-state index contributed by atoms with van der Waals surface area (Å²) in [6.07, 6.45) is 0.831. The Hall–Kier alpha value is -1.75. The topological polar surface area (TPSA) is 78.8 Å². The van der Waals surface area contributed by atoms with Crippen LogP contribution in [0.15, 0.2) is 18.2 Å². The van der Waals surface area contributed by atoms with Crippen LogP contribution in [0.5, 0.6) is 11.5 Å². The van der Waals surface area contributed by atoms with E-state index in [1.165, 1.54) is 25.3 Å². The molecule has 0 spiro atoms. The molecule has 1 aromatic rings. The Morgan fingerprint density at radius 1 is 1.37 bits per heavy atom. The van der Waals surface area contributed by atoms with E-state index < -0.39 is 11.5 Å². The molecule has 0 aliphatic heterocycles. The molecule has 1 rings (SSSR count). The number of rotatable bonds is 5. The number of aromatic hydroxyl groups is 2. The molecule has 0 aromatic heterocycles. The summed E-state index contributed by atoms with van der Waals surface area (Å²) in [5.74, 6) is -0.676. The van der Waals surface area contributed by atoms with Gasteiger partial charge in [-0.15, -0.1) is 0 Å². The second-order valence-electron chi connectivity index (χ2n) is 4.81. The van der Waals surface area contributed by atoms with Gasteiger partial charge in [0.2, 0.25) is 0 Å². The van der Waals surface area contributed by atoms with Crippen LogP contribution in [0, 0.1) is 0 Å². The van der Waals surface area contributed by atoms with Crippen LogP contribution in [0.25, 0.3) is 0 Å². The highest BCUT2D eigenvalue weighted by atomic mass is 16.5. The van der Waals surface area contributed by atoms with E-state index in [4.69, 9.17) is 4.74 Å². The van der Waals surface area contributed by atoms with Crippen molar-refractivity contribution in [1.29, 1.82) is 0 Å². The van der Waals surface area contributed by atoms with Crippen molar-refractivity contribution < 1.29 is 19.7 Å². The molecule has 0 saturated heterocycles. The lowest BCUT2D eigenvalue weighted by molar-refractivity contribution is -0.148. The van der Waals surface area contributed by atoms with Crippen LogP contribution in [-0.2, 0) is 15.1 Å². The zero-order valence-corrected chi connectivity index (χ0v) is 11.7. The first-order chi connectivity index (χ1) is 8.83. The molecule has 2 unspecified atom stereocenters. The van der Waals surface area contributed by atoms with Crippen molar-refractivity contribution in [1.82, 2.24) is 5.32 Å². The second-order valence-corrected chi connectivity index (χ2v) is 4.81. The van der Waals surface area contributed by atoms with Crippen molar-refractivity contribution in [2.45, 2.75) is 38.8 Å². The van der Waals surface area contributed by atoms with Crippen LogP contribution >= 0.6 is 0 Å². The van der Waals surface area contributed by atoms with Gasteiger partial charge in [-0.05, 0) is 38.0 Å². The third-order valence-corrected chi connectivity index (χ3v) is 3.22. The van der Waals surface area contributed by atoms with Gasteiger partial charge in [0.25, 0.3) is 0 Å². The van der Waals surface area contributed by atoms with Gasteiger partial charge in [-0.3, -0.25) is 5.32 Å². The third-order valence-electron chi connectivity index (χ3n) is 3.22. The number of hydrogen-bond acceptors (Lipinski definition) is 5. The van der Waals surface area contributed by atoms with E-state index >= 15 is 0 Å². The summed E-state index contributed by atoms with van der Waals surface area (Å²) in [5.41, 5.74) is -0.669. The Balaban J connectivity index is 3.26. The maximum atomic E-state index is 12.1. The Morgan fingerprint density at radius 3 is 2.32 bits per heavy atom. The summed E-state index contributed by atoms with van der Waals surface area (Å²) in [6, 6.07) is 4.16. The largest absolute Gasteiger partial charge is 0.508 e. The molecule has 0 aliphatic rings. The number of hydrogen-bond donors (Lipinski definition) is 3. The smallest absolute Gasteiger partial charge is 0.330 e. The van der Waals surface area contributed by atoms with Gasteiger partial charge in [0.1, 0.15) is 17.0 Å². The van der Waals surface area contributed by atoms with Gasteiger partial charge in [-0.25, -0.2) is 4.79 Å². The first kappa shape index (κ1) is 15.3. The van der Waals surface area contributed by atoms with Crippen molar-refractivity contribution in [3.8, 4) is 11.5 Å². The summed E-state index contributed by atoms with van der Waals surface area (Å²) in [7, 11) is 1.31. The van der Waals surface area contributed by atoms with Crippen LogP contribution in [0.3, 0.4) is 0 Å². The number of methoxy groups -OCH3 is 1. The quantitative estimate of drug-likeness (QED) is 0.710. The van der Waals surface area contributed by atoms with Gasteiger partial charge in [-0.1, -0.05) is 6.92 Å². The van der Waals surface area contributed by atoms with Gasteiger partial charge in [0.05, 0.1) is 7.11 Å². The number of ether oxygens (including phenoxy) is 1. The van der Waals surface area contributed by atoms with Crippen LogP contribution in [0.4, 0.5) is 0 Å². The molecule has 0 saturated carbocycles. The average molecular weight is 267 g/mol. The molecule has 2 atom stereocenters. The van der Waals surface area contributed by atoms with Gasteiger partial charge in [0.15, 0.2) is 0 Å². The maximum Gasteiger partial charge on any atom is 0.330 e. The fourth-order valence-corrected chi connectivity index (χ4v) is 1.94. The van der Waals surface area contributed by atoms with E-state index in [0.29, 0.717) is 5.56 Å². The molecule has 0 radical (unpaired) electrons. The molecule has 19 heavy (non-hydrogen) atoms. The summed E-state index contributed by atoms with van der Waals surface area (Å²) < 4.78 is 4.83. The van der Waals surface area contributed by atoms with Crippen molar-refractivity contribution in [3.05, 3.63) is 23.8 Å². The zero-order valence-electron chi connectivity index (χ0n) is 11.7. The predicted molar refractivity (Wildman–Crippen MR) is 72.0 cm³/mol. The molecular weight excluding hydrogens is 246 g/mol. The predicted octanol–water partition coefficient (Wildman–Crippen LogP) is 1.87. The number of benzene rings is 1. The number of nitrogens with one attached hydrogen (secondary N) is 1. The lowest BCUT2D eigenvalue weighted by atomic mass is 9.90. The molecule has 0 amide bonds. The first-order valence-electron chi connectivity index (χ1n) is 6.23. The summed E-state index contributed by atoms with van der Waals surface area (Å²) in [6.45, 7) is 5.61. The van der Waals surface area contributed by atoms with Gasteiger partial charge >= 0.3 is 5.97 Å². The van der Waals surface area contributed by atoms with Gasteiger partial charge in [0, 0.05) is 12.1 Å². The minimum absolute atomic E-state index is 0.0774. The van der Waals surface area contributed by atoms with Crippen molar-refractivity contribution in [2.24, 2.45) is 0 Å². The average Bonchev–Trinajstić information content (AvgIpc) is 2.36. The molecular formula is C14H21NO4. The zero-order chi connectivity index (χ0) is 14.6. The molecule has 106 valence electrons. The van der Waals surface area contributed by atoms with Crippen LogP contribution in [0.1, 0.15) is 32.8 Å². The summed E-state index contributed by atoms with van der Waals surface area (Å²) in [5, 5.41) is 22.3. The van der Waals surface area contributed by atoms with E-state index in [2.05, 4.69) is 5.32 Å². The monoisotopic (exact) mass is 267 g/mol. The highest BCUT2D eigenvalue weighted by molar-refractivity contribution is 5.82. The molecule has 0 aliphatic carbocycles. The Bertz CT molecular complexity index is 441. The molecule has 1 aromatic carbocycles. The second kappa shape index (κ2) is 5.93. The van der Waals surface area contributed by atoms with E-state index in [1.807, 2.05) is 13.8 Å². The van der Waals surface area contributed by atoms with E-state index in [-0.39, 0.29) is 17.5 Å². The standard InChI is InChI=1S/C14H21NO4/c1-5-9(2)15-14(3,13(18)19-4)10-6-11(16)8-12(17)7-10/h6-9,15-17H,5H2,1-4H3. The van der Waals surface area contributed by atoms with Crippen LogP contribution in [-0.4, -0.2) is 29.3 Å².